The van der Waals surface area contributed by atoms with Gasteiger partial charge in [-0.25, -0.2) is 21.6 Å². The lowest BCUT2D eigenvalue weighted by Crippen LogP contribution is -2.29. The van der Waals surface area contributed by atoms with E-state index in [-0.39, 0.29) is 6.54 Å². The molecule has 0 atom stereocenters. The van der Waals surface area contributed by atoms with Crippen LogP contribution < -0.4 is 4.72 Å². The molecule has 0 amide bonds. The van der Waals surface area contributed by atoms with Gasteiger partial charge in [0.15, 0.2) is 0 Å². The number of hydrogen-bond acceptors (Lipinski definition) is 6. The quantitative estimate of drug-likeness (QED) is 0.582. The molecule has 0 aliphatic rings. The molecule has 1 aromatic rings. The number of sulfonamides is 1. The summed E-state index contributed by atoms with van der Waals surface area (Å²) in [5, 5.41) is 10.4. The van der Waals surface area contributed by atoms with Crippen molar-refractivity contribution in [3.8, 4) is 0 Å². The highest BCUT2D eigenvalue weighted by atomic mass is 32.2. The van der Waals surface area contributed by atoms with Gasteiger partial charge in [-0.3, -0.25) is 10.1 Å². The third-order valence-electron chi connectivity index (χ3n) is 2.19. The van der Waals surface area contributed by atoms with Crippen molar-refractivity contribution >= 4 is 25.5 Å². The molecule has 0 heterocycles. The average Bonchev–Trinajstić information content (AvgIpc) is 2.26. The minimum atomic E-state index is -4.12. The molecule has 0 spiro atoms. The fourth-order valence-corrected chi connectivity index (χ4v) is 2.89. The van der Waals surface area contributed by atoms with Crippen molar-refractivity contribution in [2.45, 2.75) is 4.90 Å². The summed E-state index contributed by atoms with van der Waals surface area (Å²) in [5.74, 6) is -1.71. The van der Waals surface area contributed by atoms with E-state index in [0.29, 0.717) is 6.07 Å². The molecule has 0 unspecified atom stereocenters. The molecule has 0 radical (unpaired) electrons. The molecule has 11 heteroatoms. The second-order valence-corrected chi connectivity index (χ2v) is 7.92. The number of hydrogen-bond donors (Lipinski definition) is 1. The summed E-state index contributed by atoms with van der Waals surface area (Å²) in [5.41, 5.74) is -0.847. The maximum atomic E-state index is 13.3. The summed E-state index contributed by atoms with van der Waals surface area (Å²) in [4.78, 5) is 8.90. The van der Waals surface area contributed by atoms with Crippen LogP contribution in [0, 0.1) is 15.9 Å². The fourth-order valence-electron chi connectivity index (χ4n) is 1.25. The van der Waals surface area contributed by atoms with E-state index in [1.807, 2.05) is 4.72 Å². The van der Waals surface area contributed by atoms with Gasteiger partial charge in [-0.05, 0) is 6.07 Å². The number of nitro benzene ring substituents is 1. The number of nitrogens with zero attached hydrogens (tertiary/aromatic N) is 1. The first-order chi connectivity index (χ1) is 9.03. The van der Waals surface area contributed by atoms with E-state index < -0.39 is 46.9 Å². The number of rotatable bonds is 6. The van der Waals surface area contributed by atoms with Crippen LogP contribution in [-0.2, 0) is 19.9 Å². The van der Waals surface area contributed by atoms with E-state index in [1.165, 1.54) is 0 Å². The number of halogens is 1. The minimum absolute atomic E-state index is 0.375. The largest absolute Gasteiger partial charge is 0.304 e. The number of nitrogens with one attached hydrogen (secondary N) is 1. The van der Waals surface area contributed by atoms with Crippen LogP contribution in [0.15, 0.2) is 23.1 Å². The van der Waals surface area contributed by atoms with Crippen LogP contribution in [0.1, 0.15) is 0 Å². The lowest BCUT2D eigenvalue weighted by molar-refractivity contribution is -0.387. The molecule has 0 bridgehead atoms. The van der Waals surface area contributed by atoms with Crippen molar-refractivity contribution in [1.29, 1.82) is 0 Å². The summed E-state index contributed by atoms with van der Waals surface area (Å²) in [6.07, 6.45) is 0.937. The smallest absolute Gasteiger partial charge is 0.258 e. The molecule has 1 N–H and O–H groups in total. The zero-order valence-electron chi connectivity index (χ0n) is 10.2. The van der Waals surface area contributed by atoms with Crippen LogP contribution in [0.25, 0.3) is 0 Å². The lowest BCUT2D eigenvalue weighted by atomic mass is 10.3. The second kappa shape index (κ2) is 5.81. The Labute approximate surface area is 114 Å². The Morgan fingerprint density at radius 2 is 1.90 bits per heavy atom. The molecule has 0 saturated carbocycles. The zero-order chi connectivity index (χ0) is 15.6. The molecule has 1 aromatic carbocycles. The van der Waals surface area contributed by atoms with Crippen molar-refractivity contribution in [1.82, 2.24) is 4.72 Å². The van der Waals surface area contributed by atoms with E-state index >= 15 is 0 Å². The highest BCUT2D eigenvalue weighted by molar-refractivity contribution is 7.91. The van der Waals surface area contributed by atoms with Gasteiger partial charge in [0.1, 0.15) is 9.84 Å². The number of benzene rings is 1. The maximum Gasteiger partial charge on any atom is 0.304 e. The summed E-state index contributed by atoms with van der Waals surface area (Å²) in [6, 6.07) is 2.09. The molecule has 8 nitrogen and oxygen atoms in total. The van der Waals surface area contributed by atoms with Gasteiger partial charge < -0.3 is 0 Å². The van der Waals surface area contributed by atoms with Crippen LogP contribution in [0.2, 0.25) is 0 Å². The highest BCUT2D eigenvalue weighted by Gasteiger charge is 2.20. The summed E-state index contributed by atoms with van der Waals surface area (Å²) >= 11 is 0. The number of sulfone groups is 1. The number of nitro groups is 1. The first-order valence-corrected chi connectivity index (χ1v) is 8.68. The SMILES string of the molecule is CS(=O)(=O)CCNS(=O)(=O)c1ccc([N+](=O)[O-])c(F)c1. The molecule has 0 fully saturated rings. The van der Waals surface area contributed by atoms with Gasteiger partial charge in [0.05, 0.1) is 15.6 Å². The zero-order valence-corrected chi connectivity index (χ0v) is 11.9. The van der Waals surface area contributed by atoms with Crippen LogP contribution >= 0.6 is 0 Å². The van der Waals surface area contributed by atoms with Gasteiger partial charge >= 0.3 is 5.69 Å². The molecule has 1 rings (SSSR count). The van der Waals surface area contributed by atoms with Gasteiger partial charge in [0.25, 0.3) is 0 Å². The third-order valence-corrected chi connectivity index (χ3v) is 4.60. The summed E-state index contributed by atoms with van der Waals surface area (Å²) in [7, 11) is -7.47. The first-order valence-electron chi connectivity index (χ1n) is 5.14. The van der Waals surface area contributed by atoms with Crippen LogP contribution in [0.4, 0.5) is 10.1 Å². The Bertz CT molecular complexity index is 729. The average molecular weight is 326 g/mol. The van der Waals surface area contributed by atoms with Crippen molar-refractivity contribution in [3.63, 3.8) is 0 Å². The monoisotopic (exact) mass is 326 g/mol. The standard InChI is InChI=1S/C9H11FN2O6S2/c1-19(15,16)5-4-11-20(17,18)7-2-3-9(12(13)14)8(10)6-7/h2-3,6,11H,4-5H2,1H3. The molecule has 0 aliphatic carbocycles. The van der Waals surface area contributed by atoms with Gasteiger partial charge in [0, 0.05) is 24.9 Å². The van der Waals surface area contributed by atoms with Crippen LogP contribution in [0.5, 0.6) is 0 Å². The Morgan fingerprint density at radius 1 is 1.30 bits per heavy atom. The van der Waals surface area contributed by atoms with Crippen LogP contribution in [-0.4, -0.2) is 40.3 Å². The molecule has 0 aromatic heterocycles. The molecular weight excluding hydrogens is 315 g/mol. The van der Waals surface area contributed by atoms with E-state index in [9.17, 15) is 31.3 Å². The molecule has 0 aliphatic heterocycles. The van der Waals surface area contributed by atoms with Gasteiger partial charge in [-0.15, -0.1) is 0 Å². The normalized spacial score (nSPS) is 12.3. The van der Waals surface area contributed by atoms with E-state index in [4.69, 9.17) is 0 Å². The fraction of sp³-hybridized carbons (Fsp3) is 0.333. The van der Waals surface area contributed by atoms with Crippen molar-refractivity contribution in [2.24, 2.45) is 0 Å². The third kappa shape index (κ3) is 4.51. The first kappa shape index (κ1) is 16.5. The van der Waals surface area contributed by atoms with E-state index in [1.54, 1.807) is 0 Å². The van der Waals surface area contributed by atoms with Crippen molar-refractivity contribution in [2.75, 3.05) is 18.6 Å². The maximum absolute atomic E-state index is 13.3. The topological polar surface area (TPSA) is 123 Å². The lowest BCUT2D eigenvalue weighted by Gasteiger charge is -2.06. The van der Waals surface area contributed by atoms with Gasteiger partial charge in [-0.2, -0.15) is 4.39 Å². The van der Waals surface area contributed by atoms with Gasteiger partial charge in [0.2, 0.25) is 15.8 Å². The second-order valence-electron chi connectivity index (χ2n) is 3.90. The van der Waals surface area contributed by atoms with Crippen molar-refractivity contribution in [3.05, 3.63) is 34.1 Å². The Balaban J connectivity index is 2.94. The molecule has 112 valence electrons. The molecule has 20 heavy (non-hydrogen) atoms. The van der Waals surface area contributed by atoms with Crippen molar-refractivity contribution < 1.29 is 26.1 Å². The molecular formula is C9H11FN2O6S2. The summed E-state index contributed by atoms with van der Waals surface area (Å²) in [6.45, 7) is -0.375. The Kier molecular flexibility index (Phi) is 4.78. The highest BCUT2D eigenvalue weighted by Crippen LogP contribution is 2.20. The minimum Gasteiger partial charge on any atom is -0.258 e. The van der Waals surface area contributed by atoms with E-state index in [0.717, 1.165) is 18.4 Å². The molecule has 0 saturated heterocycles. The predicted octanol–water partition coefficient (Wildman–Crippen LogP) is 0.0568. The van der Waals surface area contributed by atoms with Gasteiger partial charge in [-0.1, -0.05) is 0 Å². The Hall–Kier alpha value is -1.59. The Morgan fingerprint density at radius 3 is 2.35 bits per heavy atom. The van der Waals surface area contributed by atoms with E-state index in [2.05, 4.69) is 0 Å². The summed E-state index contributed by atoms with van der Waals surface area (Å²) < 4.78 is 60.4. The van der Waals surface area contributed by atoms with Crippen LogP contribution in [0.3, 0.4) is 0 Å². The predicted molar refractivity (Wildman–Crippen MR) is 68.0 cm³/mol.